The molecular weight excluding hydrogens is 390 g/mol. The molecule has 0 aliphatic rings. The summed E-state index contributed by atoms with van der Waals surface area (Å²) >= 11 is 11.3. The van der Waals surface area contributed by atoms with Crippen LogP contribution in [0.5, 0.6) is 0 Å². The van der Waals surface area contributed by atoms with E-state index in [0.29, 0.717) is 27.1 Å². The first-order valence-corrected chi connectivity index (χ1v) is 10.5. The molecular formula is C18H22ClN3O2S2. The molecule has 0 bridgehead atoms. The molecule has 8 heteroatoms. The second-order valence-corrected chi connectivity index (χ2v) is 8.27. The highest BCUT2D eigenvalue weighted by molar-refractivity contribution is 7.92. The number of aryl methyl sites for hydroxylation is 1. The lowest BCUT2D eigenvalue weighted by Crippen LogP contribution is -2.29. The molecule has 0 aliphatic carbocycles. The fourth-order valence-corrected chi connectivity index (χ4v) is 4.08. The predicted molar refractivity (Wildman–Crippen MR) is 113 cm³/mol. The normalized spacial score (nSPS) is 11.0. The highest BCUT2D eigenvalue weighted by Gasteiger charge is 2.19. The Labute approximate surface area is 165 Å². The third-order valence-corrected chi connectivity index (χ3v) is 5.75. The smallest absolute Gasteiger partial charge is 0.262 e. The number of halogens is 1. The number of nitrogens with one attached hydrogen (secondary N) is 3. The molecule has 0 saturated carbocycles. The summed E-state index contributed by atoms with van der Waals surface area (Å²) in [5.74, 6) is 0. The van der Waals surface area contributed by atoms with E-state index in [9.17, 15) is 8.42 Å². The Morgan fingerprint density at radius 3 is 2.62 bits per heavy atom. The first-order chi connectivity index (χ1) is 12.3. The molecule has 0 spiro atoms. The van der Waals surface area contributed by atoms with E-state index in [-0.39, 0.29) is 4.90 Å². The van der Waals surface area contributed by atoms with Gasteiger partial charge in [0.1, 0.15) is 0 Å². The van der Waals surface area contributed by atoms with E-state index in [1.54, 1.807) is 49.4 Å². The lowest BCUT2D eigenvalue weighted by molar-refractivity contribution is 0.600. The number of anilines is 2. The standard InChI is InChI=1S/C18H22ClN3O2S2/c1-3-4-11-20-18(25)21-14-10-9-13(2)17(12-14)26(23,24)22-16-8-6-5-7-15(16)19/h5-10,12,22H,3-4,11H2,1-2H3,(H2,20,21,25). The van der Waals surface area contributed by atoms with Crippen LogP contribution in [0.25, 0.3) is 0 Å². The third kappa shape index (κ3) is 5.59. The fraction of sp³-hybridized carbons (Fsp3) is 0.278. The number of benzene rings is 2. The van der Waals surface area contributed by atoms with Gasteiger partial charge in [-0.1, -0.05) is 43.1 Å². The third-order valence-electron chi connectivity index (χ3n) is 3.67. The van der Waals surface area contributed by atoms with Crippen molar-refractivity contribution in [2.75, 3.05) is 16.6 Å². The summed E-state index contributed by atoms with van der Waals surface area (Å²) in [5, 5.41) is 6.91. The van der Waals surface area contributed by atoms with Crippen molar-refractivity contribution >= 4 is 50.3 Å². The molecule has 26 heavy (non-hydrogen) atoms. The second-order valence-electron chi connectivity index (χ2n) is 5.80. The van der Waals surface area contributed by atoms with Gasteiger partial charge in [-0.2, -0.15) is 0 Å². The zero-order valence-electron chi connectivity index (χ0n) is 14.7. The summed E-state index contributed by atoms with van der Waals surface area (Å²) in [6.45, 7) is 4.61. The van der Waals surface area contributed by atoms with Gasteiger partial charge in [0.15, 0.2) is 5.11 Å². The van der Waals surface area contributed by atoms with Crippen LogP contribution < -0.4 is 15.4 Å². The number of thiocarbonyl (C=S) groups is 1. The average Bonchev–Trinajstić information content (AvgIpc) is 2.58. The number of hydrogen-bond donors (Lipinski definition) is 3. The van der Waals surface area contributed by atoms with E-state index in [1.165, 1.54) is 0 Å². The first kappa shape index (κ1) is 20.5. The largest absolute Gasteiger partial charge is 0.362 e. The van der Waals surface area contributed by atoms with Gasteiger partial charge >= 0.3 is 0 Å². The molecule has 0 unspecified atom stereocenters. The maximum absolute atomic E-state index is 12.8. The maximum atomic E-state index is 12.8. The molecule has 0 radical (unpaired) electrons. The minimum absolute atomic E-state index is 0.166. The van der Waals surface area contributed by atoms with Crippen LogP contribution in [0.3, 0.4) is 0 Å². The molecule has 3 N–H and O–H groups in total. The zero-order valence-corrected chi connectivity index (χ0v) is 17.1. The number of unbranched alkanes of at least 4 members (excludes halogenated alkanes) is 1. The van der Waals surface area contributed by atoms with Crippen LogP contribution in [0.15, 0.2) is 47.4 Å². The molecule has 0 atom stereocenters. The van der Waals surface area contributed by atoms with Crippen LogP contribution in [0, 0.1) is 6.92 Å². The maximum Gasteiger partial charge on any atom is 0.262 e. The number of sulfonamides is 1. The molecule has 0 fully saturated rings. The van der Waals surface area contributed by atoms with Crippen molar-refractivity contribution in [3.63, 3.8) is 0 Å². The van der Waals surface area contributed by atoms with Crippen molar-refractivity contribution in [3.05, 3.63) is 53.1 Å². The van der Waals surface area contributed by atoms with Crippen LogP contribution in [-0.2, 0) is 10.0 Å². The molecule has 0 aliphatic heterocycles. The first-order valence-electron chi connectivity index (χ1n) is 8.26. The monoisotopic (exact) mass is 411 g/mol. The van der Waals surface area contributed by atoms with Gasteiger partial charge in [0.05, 0.1) is 15.6 Å². The van der Waals surface area contributed by atoms with Crippen molar-refractivity contribution < 1.29 is 8.42 Å². The Morgan fingerprint density at radius 1 is 1.19 bits per heavy atom. The Bertz CT molecular complexity index is 886. The Morgan fingerprint density at radius 2 is 1.92 bits per heavy atom. The van der Waals surface area contributed by atoms with Gasteiger partial charge in [-0.05, 0) is 55.4 Å². The predicted octanol–water partition coefficient (Wildman–Crippen LogP) is 4.54. The molecule has 0 aromatic heterocycles. The summed E-state index contributed by atoms with van der Waals surface area (Å²) in [6, 6.07) is 11.8. The van der Waals surface area contributed by atoms with Gasteiger partial charge in [-0.3, -0.25) is 4.72 Å². The highest BCUT2D eigenvalue weighted by atomic mass is 35.5. The Hall–Kier alpha value is -1.83. The number of para-hydroxylation sites is 1. The fourth-order valence-electron chi connectivity index (χ4n) is 2.27. The summed E-state index contributed by atoms with van der Waals surface area (Å²) < 4.78 is 28.1. The van der Waals surface area contributed by atoms with Crippen LogP contribution >= 0.6 is 23.8 Å². The Balaban J connectivity index is 2.20. The summed E-state index contributed by atoms with van der Waals surface area (Å²) in [5.41, 5.74) is 1.56. The molecule has 0 amide bonds. The second kappa shape index (κ2) is 9.21. The van der Waals surface area contributed by atoms with Gasteiger partial charge in [0.25, 0.3) is 10.0 Å². The van der Waals surface area contributed by atoms with Crippen molar-refractivity contribution in [1.29, 1.82) is 0 Å². The van der Waals surface area contributed by atoms with Crippen molar-refractivity contribution in [2.45, 2.75) is 31.6 Å². The number of hydrogen-bond acceptors (Lipinski definition) is 3. The SMILES string of the molecule is CCCCNC(=S)Nc1ccc(C)c(S(=O)(=O)Nc2ccccc2Cl)c1. The topological polar surface area (TPSA) is 70.2 Å². The minimum atomic E-state index is -3.78. The van der Waals surface area contributed by atoms with E-state index >= 15 is 0 Å². The van der Waals surface area contributed by atoms with E-state index in [1.807, 2.05) is 0 Å². The minimum Gasteiger partial charge on any atom is -0.362 e. The summed E-state index contributed by atoms with van der Waals surface area (Å²) in [6.07, 6.45) is 2.08. The molecule has 2 rings (SSSR count). The lowest BCUT2D eigenvalue weighted by Gasteiger charge is -2.14. The molecule has 0 heterocycles. The molecule has 0 saturated heterocycles. The molecule has 2 aromatic rings. The van der Waals surface area contributed by atoms with Gasteiger partial charge in [-0.25, -0.2) is 8.42 Å². The van der Waals surface area contributed by atoms with Crippen LogP contribution in [-0.4, -0.2) is 20.1 Å². The average molecular weight is 412 g/mol. The molecule has 2 aromatic carbocycles. The van der Waals surface area contributed by atoms with E-state index in [2.05, 4.69) is 22.3 Å². The Kier molecular flexibility index (Phi) is 7.25. The van der Waals surface area contributed by atoms with Crippen molar-refractivity contribution in [2.24, 2.45) is 0 Å². The van der Waals surface area contributed by atoms with Crippen LogP contribution in [0.1, 0.15) is 25.3 Å². The summed E-state index contributed by atoms with van der Waals surface area (Å²) in [4.78, 5) is 0.166. The van der Waals surface area contributed by atoms with Crippen LogP contribution in [0.2, 0.25) is 5.02 Å². The lowest BCUT2D eigenvalue weighted by atomic mass is 10.2. The summed E-state index contributed by atoms with van der Waals surface area (Å²) in [7, 11) is -3.78. The van der Waals surface area contributed by atoms with E-state index in [0.717, 1.165) is 19.4 Å². The quantitative estimate of drug-likeness (QED) is 0.461. The van der Waals surface area contributed by atoms with Gasteiger partial charge in [0, 0.05) is 12.2 Å². The highest BCUT2D eigenvalue weighted by Crippen LogP contribution is 2.26. The van der Waals surface area contributed by atoms with Crippen molar-refractivity contribution in [3.8, 4) is 0 Å². The van der Waals surface area contributed by atoms with E-state index < -0.39 is 10.0 Å². The van der Waals surface area contributed by atoms with Crippen molar-refractivity contribution in [1.82, 2.24) is 5.32 Å². The zero-order chi connectivity index (χ0) is 19.2. The van der Waals surface area contributed by atoms with Gasteiger partial charge in [0.2, 0.25) is 0 Å². The van der Waals surface area contributed by atoms with Crippen LogP contribution in [0.4, 0.5) is 11.4 Å². The molecule has 140 valence electrons. The van der Waals surface area contributed by atoms with E-state index in [4.69, 9.17) is 23.8 Å². The van der Waals surface area contributed by atoms with Gasteiger partial charge < -0.3 is 10.6 Å². The molecule has 5 nitrogen and oxygen atoms in total. The number of rotatable bonds is 7. The van der Waals surface area contributed by atoms with Gasteiger partial charge in [-0.15, -0.1) is 0 Å².